The number of aryl methyl sites for hydroxylation is 1. The monoisotopic (exact) mass is 415 g/mol. The van der Waals surface area contributed by atoms with Gasteiger partial charge in [0.2, 0.25) is 5.91 Å². The third kappa shape index (κ3) is 4.18. The second kappa shape index (κ2) is 8.34. The van der Waals surface area contributed by atoms with Crippen molar-refractivity contribution in [3.05, 3.63) is 57.2 Å². The highest BCUT2D eigenvalue weighted by Gasteiger charge is 2.26. The molecular formula is C20H22ClN5O3. The maximum Gasteiger partial charge on any atom is 0.289 e. The molecule has 152 valence electrons. The number of anilines is 2. The van der Waals surface area contributed by atoms with E-state index in [-0.39, 0.29) is 16.6 Å². The first-order valence-electron chi connectivity index (χ1n) is 9.68. The van der Waals surface area contributed by atoms with Gasteiger partial charge in [-0.05, 0) is 24.5 Å². The van der Waals surface area contributed by atoms with Crippen molar-refractivity contribution in [2.45, 2.75) is 12.8 Å². The van der Waals surface area contributed by atoms with Crippen LogP contribution in [0.2, 0.25) is 5.02 Å². The molecule has 8 nitrogen and oxygen atoms in total. The van der Waals surface area contributed by atoms with E-state index < -0.39 is 4.92 Å². The molecule has 3 heterocycles. The molecule has 0 radical (unpaired) electrons. The molecule has 1 amide bonds. The molecule has 9 heteroatoms. The van der Waals surface area contributed by atoms with Gasteiger partial charge in [-0.3, -0.25) is 19.8 Å². The molecule has 0 aliphatic carbocycles. The van der Waals surface area contributed by atoms with E-state index in [0.29, 0.717) is 38.5 Å². The number of hydrogen-bond acceptors (Lipinski definition) is 6. The fraction of sp³-hybridized carbons (Fsp3) is 0.400. The van der Waals surface area contributed by atoms with Crippen LogP contribution in [0.5, 0.6) is 0 Å². The smallest absolute Gasteiger partial charge is 0.289 e. The summed E-state index contributed by atoms with van der Waals surface area (Å²) in [4.78, 5) is 33.5. The minimum Gasteiger partial charge on any atom is -0.353 e. The number of carbonyl (C=O) groups excluding carboxylic acids is 1. The van der Waals surface area contributed by atoms with Crippen molar-refractivity contribution in [2.24, 2.45) is 0 Å². The van der Waals surface area contributed by atoms with Gasteiger partial charge >= 0.3 is 0 Å². The van der Waals surface area contributed by atoms with Crippen LogP contribution in [0.1, 0.15) is 12.0 Å². The van der Waals surface area contributed by atoms with Crippen molar-refractivity contribution in [3.63, 3.8) is 0 Å². The van der Waals surface area contributed by atoms with Crippen molar-refractivity contribution >= 4 is 34.7 Å². The van der Waals surface area contributed by atoms with E-state index >= 15 is 0 Å². The van der Waals surface area contributed by atoms with Gasteiger partial charge in [-0.25, -0.2) is 4.98 Å². The Morgan fingerprint density at radius 3 is 2.66 bits per heavy atom. The fourth-order valence-electron chi connectivity index (χ4n) is 3.94. The van der Waals surface area contributed by atoms with Crippen LogP contribution in [0.25, 0.3) is 0 Å². The molecule has 29 heavy (non-hydrogen) atoms. The highest BCUT2D eigenvalue weighted by atomic mass is 35.5. The zero-order valence-electron chi connectivity index (χ0n) is 16.0. The standard InChI is InChI=1S/C20H22ClN5O3/c21-17-12-16(26(28)29)13-22-20(17)24-10-8-23(9-11-24)14-19(27)25-7-3-5-15-4-1-2-6-18(15)25/h1-2,4,6,12-13H,3,5,7-11,14H2. The van der Waals surface area contributed by atoms with Gasteiger partial charge in [0, 0.05) is 44.5 Å². The van der Waals surface area contributed by atoms with Crippen LogP contribution in [0.4, 0.5) is 17.2 Å². The topological polar surface area (TPSA) is 82.8 Å². The summed E-state index contributed by atoms with van der Waals surface area (Å²) in [7, 11) is 0. The maximum atomic E-state index is 12.9. The summed E-state index contributed by atoms with van der Waals surface area (Å²) in [5.41, 5.74) is 2.14. The summed E-state index contributed by atoms with van der Waals surface area (Å²) in [5.74, 6) is 0.672. The molecule has 1 aromatic heterocycles. The Morgan fingerprint density at radius 2 is 1.93 bits per heavy atom. The largest absolute Gasteiger partial charge is 0.353 e. The molecule has 0 saturated carbocycles. The van der Waals surface area contributed by atoms with Crippen LogP contribution < -0.4 is 9.80 Å². The lowest BCUT2D eigenvalue weighted by Crippen LogP contribution is -2.51. The number of aromatic nitrogens is 1. The SMILES string of the molecule is O=C(CN1CCN(c2ncc([N+](=O)[O-])cc2Cl)CC1)N1CCCc2ccccc21. The second-order valence-electron chi connectivity index (χ2n) is 7.30. The quantitative estimate of drug-likeness (QED) is 0.564. The van der Waals surface area contributed by atoms with Crippen LogP contribution in [-0.4, -0.2) is 60.0 Å². The first-order valence-corrected chi connectivity index (χ1v) is 10.1. The number of pyridine rings is 1. The third-order valence-electron chi connectivity index (χ3n) is 5.46. The lowest BCUT2D eigenvalue weighted by atomic mass is 10.0. The highest BCUT2D eigenvalue weighted by Crippen LogP contribution is 2.29. The average molecular weight is 416 g/mol. The number of rotatable bonds is 4. The normalized spacial score (nSPS) is 17.1. The van der Waals surface area contributed by atoms with Gasteiger partial charge in [-0.1, -0.05) is 29.8 Å². The van der Waals surface area contributed by atoms with Crippen LogP contribution in [0.3, 0.4) is 0 Å². The molecule has 0 atom stereocenters. The summed E-state index contributed by atoms with van der Waals surface area (Å²) >= 11 is 6.19. The molecule has 4 rings (SSSR count). The van der Waals surface area contributed by atoms with Crippen LogP contribution in [-0.2, 0) is 11.2 Å². The van der Waals surface area contributed by atoms with Crippen molar-refractivity contribution in [2.75, 3.05) is 49.1 Å². The highest BCUT2D eigenvalue weighted by molar-refractivity contribution is 6.33. The van der Waals surface area contributed by atoms with E-state index in [1.165, 1.54) is 17.8 Å². The number of amides is 1. The van der Waals surface area contributed by atoms with Gasteiger partial charge in [0.15, 0.2) is 0 Å². The number of hydrogen-bond donors (Lipinski definition) is 0. The van der Waals surface area contributed by atoms with Gasteiger partial charge in [0.05, 0.1) is 16.5 Å². The predicted octanol–water partition coefficient (Wildman–Crippen LogP) is 2.74. The number of carbonyl (C=O) groups is 1. The van der Waals surface area contributed by atoms with Gasteiger partial charge in [0.1, 0.15) is 12.0 Å². The Labute approximate surface area is 173 Å². The zero-order chi connectivity index (χ0) is 20.4. The first kappa shape index (κ1) is 19.6. The molecule has 0 N–H and O–H groups in total. The summed E-state index contributed by atoms with van der Waals surface area (Å²) in [5, 5.41) is 11.1. The fourth-order valence-corrected chi connectivity index (χ4v) is 4.22. The number of fused-ring (bicyclic) bond motifs is 1. The number of nitro groups is 1. The molecule has 2 aromatic rings. The number of para-hydroxylation sites is 1. The molecule has 0 bridgehead atoms. The van der Waals surface area contributed by atoms with E-state index in [2.05, 4.69) is 16.0 Å². The molecule has 0 spiro atoms. The van der Waals surface area contributed by atoms with Crippen LogP contribution >= 0.6 is 11.6 Å². The maximum absolute atomic E-state index is 12.9. The van der Waals surface area contributed by atoms with Gasteiger partial charge in [0.25, 0.3) is 5.69 Å². The number of piperazine rings is 1. The molecular weight excluding hydrogens is 394 g/mol. The van der Waals surface area contributed by atoms with E-state index in [1.54, 1.807) is 0 Å². The van der Waals surface area contributed by atoms with Crippen molar-refractivity contribution in [1.82, 2.24) is 9.88 Å². The van der Waals surface area contributed by atoms with E-state index in [9.17, 15) is 14.9 Å². The minimum atomic E-state index is -0.509. The third-order valence-corrected chi connectivity index (χ3v) is 5.74. The summed E-state index contributed by atoms with van der Waals surface area (Å²) in [6.45, 7) is 3.87. The van der Waals surface area contributed by atoms with Gasteiger partial charge < -0.3 is 9.80 Å². The Hall–Kier alpha value is -2.71. The lowest BCUT2D eigenvalue weighted by molar-refractivity contribution is -0.385. The van der Waals surface area contributed by atoms with E-state index in [1.807, 2.05) is 28.0 Å². The molecule has 2 aliphatic rings. The number of benzene rings is 1. The van der Waals surface area contributed by atoms with Crippen LogP contribution in [0.15, 0.2) is 36.5 Å². The van der Waals surface area contributed by atoms with Gasteiger partial charge in [-0.15, -0.1) is 0 Å². The second-order valence-corrected chi connectivity index (χ2v) is 7.70. The van der Waals surface area contributed by atoms with Crippen LogP contribution in [0, 0.1) is 10.1 Å². The minimum absolute atomic E-state index is 0.121. The Balaban J connectivity index is 1.36. The summed E-state index contributed by atoms with van der Waals surface area (Å²) in [6, 6.07) is 9.43. The van der Waals surface area contributed by atoms with E-state index in [0.717, 1.165) is 25.1 Å². The molecule has 1 saturated heterocycles. The Kier molecular flexibility index (Phi) is 5.64. The first-order chi connectivity index (χ1) is 14.0. The zero-order valence-corrected chi connectivity index (χ0v) is 16.7. The lowest BCUT2D eigenvalue weighted by Gasteiger charge is -2.37. The Morgan fingerprint density at radius 1 is 1.17 bits per heavy atom. The van der Waals surface area contributed by atoms with Crippen molar-refractivity contribution < 1.29 is 9.72 Å². The average Bonchev–Trinajstić information content (AvgIpc) is 2.74. The van der Waals surface area contributed by atoms with Crippen molar-refractivity contribution in [3.8, 4) is 0 Å². The summed E-state index contributed by atoms with van der Waals surface area (Å²) < 4.78 is 0. The predicted molar refractivity (Wildman–Crippen MR) is 112 cm³/mol. The molecule has 1 fully saturated rings. The molecule has 2 aliphatic heterocycles. The number of nitrogens with zero attached hydrogens (tertiary/aromatic N) is 5. The molecule has 0 unspecified atom stereocenters. The van der Waals surface area contributed by atoms with Crippen molar-refractivity contribution in [1.29, 1.82) is 0 Å². The Bertz CT molecular complexity index is 930. The number of halogens is 1. The van der Waals surface area contributed by atoms with Gasteiger partial charge in [-0.2, -0.15) is 0 Å². The summed E-state index contributed by atoms with van der Waals surface area (Å²) in [6.07, 6.45) is 3.23. The van der Waals surface area contributed by atoms with E-state index in [4.69, 9.17) is 11.6 Å². The molecule has 1 aromatic carbocycles.